The minimum absolute atomic E-state index is 0.149. The quantitative estimate of drug-likeness (QED) is 0.761. The molecule has 0 radical (unpaired) electrons. The van der Waals surface area contributed by atoms with Crippen molar-refractivity contribution in [2.45, 2.75) is 33.6 Å². The van der Waals surface area contributed by atoms with E-state index < -0.39 is 0 Å². The molecule has 5 nitrogen and oxygen atoms in total. The molecule has 0 aromatic heterocycles. The molecular formula is C21H28N2O3. The van der Waals surface area contributed by atoms with E-state index in [4.69, 9.17) is 4.74 Å². The van der Waals surface area contributed by atoms with E-state index in [-0.39, 0.29) is 17.7 Å². The first kappa shape index (κ1) is 18.5. The van der Waals surface area contributed by atoms with Crippen LogP contribution in [0.2, 0.25) is 0 Å². The molecule has 0 spiro atoms. The number of likely N-dealkylation sites (tertiary alicyclic amines) is 1. The molecule has 0 N–H and O–H groups in total. The molecule has 140 valence electrons. The van der Waals surface area contributed by atoms with Crippen LogP contribution >= 0.6 is 0 Å². The topological polar surface area (TPSA) is 49.9 Å². The van der Waals surface area contributed by atoms with E-state index in [1.807, 2.05) is 38.1 Å². The van der Waals surface area contributed by atoms with E-state index >= 15 is 0 Å². The van der Waals surface area contributed by atoms with Crippen molar-refractivity contribution in [3.05, 3.63) is 35.5 Å². The third kappa shape index (κ3) is 3.48. The first-order valence-corrected chi connectivity index (χ1v) is 9.42. The molecule has 2 aliphatic heterocycles. The van der Waals surface area contributed by atoms with E-state index in [2.05, 4.69) is 11.8 Å². The summed E-state index contributed by atoms with van der Waals surface area (Å²) >= 11 is 0. The van der Waals surface area contributed by atoms with Gasteiger partial charge in [0.1, 0.15) is 11.4 Å². The lowest BCUT2D eigenvalue weighted by Gasteiger charge is -2.32. The van der Waals surface area contributed by atoms with Gasteiger partial charge in [0.2, 0.25) is 0 Å². The SMILES string of the molecule is COc1ccc(C2=C(N3CCC(C)CC3)C(=O)N(CC(C)C)C2=O)cc1. The number of carbonyl (C=O) groups excluding carboxylic acids is 2. The molecule has 1 aromatic carbocycles. The van der Waals surface area contributed by atoms with Gasteiger partial charge in [-0.15, -0.1) is 0 Å². The predicted molar refractivity (Wildman–Crippen MR) is 101 cm³/mol. The van der Waals surface area contributed by atoms with E-state index in [1.165, 1.54) is 4.90 Å². The van der Waals surface area contributed by atoms with Gasteiger partial charge in [-0.05, 0) is 42.4 Å². The molecular weight excluding hydrogens is 328 g/mol. The molecule has 1 fully saturated rings. The van der Waals surface area contributed by atoms with E-state index in [0.29, 0.717) is 23.7 Å². The molecule has 0 atom stereocenters. The Morgan fingerprint density at radius 2 is 1.69 bits per heavy atom. The van der Waals surface area contributed by atoms with Gasteiger partial charge < -0.3 is 9.64 Å². The molecule has 0 saturated carbocycles. The zero-order valence-corrected chi connectivity index (χ0v) is 16.1. The van der Waals surface area contributed by atoms with E-state index in [9.17, 15) is 9.59 Å². The predicted octanol–water partition coefficient (Wildman–Crippen LogP) is 3.16. The minimum atomic E-state index is -0.178. The summed E-state index contributed by atoms with van der Waals surface area (Å²) in [5.74, 6) is 1.31. The summed E-state index contributed by atoms with van der Waals surface area (Å²) in [6.45, 7) is 8.38. The Kier molecular flexibility index (Phi) is 5.35. The van der Waals surface area contributed by atoms with E-state index in [0.717, 1.165) is 37.2 Å². The summed E-state index contributed by atoms with van der Waals surface area (Å²) < 4.78 is 5.22. The number of hydrogen-bond donors (Lipinski definition) is 0. The Hall–Kier alpha value is -2.30. The van der Waals surface area contributed by atoms with Gasteiger partial charge >= 0.3 is 0 Å². The summed E-state index contributed by atoms with van der Waals surface area (Å²) in [6.07, 6.45) is 2.09. The summed E-state index contributed by atoms with van der Waals surface area (Å²) in [7, 11) is 1.61. The van der Waals surface area contributed by atoms with Gasteiger partial charge in [0, 0.05) is 19.6 Å². The van der Waals surface area contributed by atoms with Gasteiger partial charge in [0.05, 0.1) is 12.7 Å². The maximum Gasteiger partial charge on any atom is 0.277 e. The largest absolute Gasteiger partial charge is 0.497 e. The number of methoxy groups -OCH3 is 1. The van der Waals surface area contributed by atoms with Crippen LogP contribution in [0.3, 0.4) is 0 Å². The zero-order valence-electron chi connectivity index (χ0n) is 16.1. The monoisotopic (exact) mass is 356 g/mol. The van der Waals surface area contributed by atoms with Crippen LogP contribution in [0, 0.1) is 11.8 Å². The molecule has 1 saturated heterocycles. The highest BCUT2D eigenvalue weighted by Gasteiger charge is 2.42. The Morgan fingerprint density at radius 1 is 1.08 bits per heavy atom. The third-order valence-electron chi connectivity index (χ3n) is 5.17. The van der Waals surface area contributed by atoms with Crippen LogP contribution in [0.5, 0.6) is 5.75 Å². The van der Waals surface area contributed by atoms with Gasteiger partial charge in [0.25, 0.3) is 11.8 Å². The molecule has 26 heavy (non-hydrogen) atoms. The Bertz CT molecular complexity index is 713. The molecule has 0 unspecified atom stereocenters. The van der Waals surface area contributed by atoms with Crippen LogP contribution in [0.1, 0.15) is 39.2 Å². The van der Waals surface area contributed by atoms with Gasteiger partial charge in [-0.25, -0.2) is 0 Å². The number of benzene rings is 1. The van der Waals surface area contributed by atoms with Crippen LogP contribution in [0.15, 0.2) is 30.0 Å². The lowest BCUT2D eigenvalue weighted by Crippen LogP contribution is -2.39. The molecule has 0 aliphatic carbocycles. The number of rotatable bonds is 5. The standard InChI is InChI=1S/C21H28N2O3/c1-14(2)13-23-20(24)18(16-5-7-17(26-4)8-6-16)19(21(23)25)22-11-9-15(3)10-12-22/h5-8,14-15H,9-13H2,1-4H3. The third-order valence-corrected chi connectivity index (χ3v) is 5.17. The van der Waals surface area contributed by atoms with Crippen molar-refractivity contribution in [3.8, 4) is 5.75 Å². The first-order valence-electron chi connectivity index (χ1n) is 9.42. The lowest BCUT2D eigenvalue weighted by atomic mass is 9.97. The molecule has 2 heterocycles. The second-order valence-corrected chi connectivity index (χ2v) is 7.74. The van der Waals surface area contributed by atoms with Crippen LogP contribution in [0.4, 0.5) is 0 Å². The number of amides is 2. The Balaban J connectivity index is 2.02. The number of nitrogens with zero attached hydrogens (tertiary/aromatic N) is 2. The van der Waals surface area contributed by atoms with Crippen LogP contribution < -0.4 is 4.74 Å². The van der Waals surface area contributed by atoms with Crippen molar-refractivity contribution in [1.29, 1.82) is 0 Å². The maximum atomic E-state index is 13.1. The van der Waals surface area contributed by atoms with E-state index in [1.54, 1.807) is 7.11 Å². The van der Waals surface area contributed by atoms with Crippen LogP contribution in [-0.4, -0.2) is 48.4 Å². The summed E-state index contributed by atoms with van der Waals surface area (Å²) in [4.78, 5) is 29.8. The van der Waals surface area contributed by atoms with Crippen molar-refractivity contribution >= 4 is 17.4 Å². The highest BCUT2D eigenvalue weighted by atomic mass is 16.5. The van der Waals surface area contributed by atoms with Gasteiger partial charge in [0.15, 0.2) is 0 Å². The minimum Gasteiger partial charge on any atom is -0.497 e. The number of carbonyl (C=O) groups is 2. The fraction of sp³-hybridized carbons (Fsp3) is 0.524. The number of piperidine rings is 1. The maximum absolute atomic E-state index is 13.1. The fourth-order valence-corrected chi connectivity index (χ4v) is 3.64. The number of imide groups is 1. The molecule has 5 heteroatoms. The summed E-state index contributed by atoms with van der Waals surface area (Å²) in [6, 6.07) is 7.40. The molecule has 1 aromatic rings. The lowest BCUT2D eigenvalue weighted by molar-refractivity contribution is -0.138. The second-order valence-electron chi connectivity index (χ2n) is 7.74. The van der Waals surface area contributed by atoms with Crippen molar-refractivity contribution in [1.82, 2.24) is 9.80 Å². The molecule has 3 rings (SSSR count). The molecule has 2 amide bonds. The normalized spacial score (nSPS) is 19.1. The highest BCUT2D eigenvalue weighted by molar-refractivity contribution is 6.35. The number of hydrogen-bond acceptors (Lipinski definition) is 4. The molecule has 2 aliphatic rings. The summed E-state index contributed by atoms with van der Waals surface area (Å²) in [5, 5.41) is 0. The number of ether oxygens (including phenoxy) is 1. The molecule has 0 bridgehead atoms. The van der Waals surface area contributed by atoms with Crippen LogP contribution in [-0.2, 0) is 9.59 Å². The highest BCUT2D eigenvalue weighted by Crippen LogP contribution is 2.34. The van der Waals surface area contributed by atoms with Crippen molar-refractivity contribution in [2.75, 3.05) is 26.7 Å². The average Bonchev–Trinajstić information content (AvgIpc) is 2.87. The van der Waals surface area contributed by atoms with Gasteiger partial charge in [-0.3, -0.25) is 14.5 Å². The van der Waals surface area contributed by atoms with Crippen molar-refractivity contribution < 1.29 is 14.3 Å². The first-order chi connectivity index (χ1) is 12.4. The van der Waals surface area contributed by atoms with Gasteiger partial charge in [-0.2, -0.15) is 0 Å². The summed E-state index contributed by atoms with van der Waals surface area (Å²) in [5.41, 5.74) is 1.89. The van der Waals surface area contributed by atoms with Crippen LogP contribution in [0.25, 0.3) is 5.57 Å². The van der Waals surface area contributed by atoms with Gasteiger partial charge in [-0.1, -0.05) is 32.9 Å². The Labute approximate surface area is 155 Å². The Morgan fingerprint density at radius 3 is 2.23 bits per heavy atom. The fourth-order valence-electron chi connectivity index (χ4n) is 3.64. The average molecular weight is 356 g/mol. The second kappa shape index (κ2) is 7.52. The van der Waals surface area contributed by atoms with Crippen molar-refractivity contribution in [2.24, 2.45) is 11.8 Å². The van der Waals surface area contributed by atoms with Crippen molar-refractivity contribution in [3.63, 3.8) is 0 Å². The smallest absolute Gasteiger partial charge is 0.277 e. The zero-order chi connectivity index (χ0) is 18.8.